The van der Waals surface area contributed by atoms with Crippen molar-refractivity contribution in [3.8, 4) is 11.5 Å². The first-order valence-corrected chi connectivity index (χ1v) is 7.15. The van der Waals surface area contributed by atoms with Gasteiger partial charge in [0.25, 0.3) is 5.91 Å². The molecule has 2 aromatic rings. The lowest BCUT2D eigenvalue weighted by Crippen LogP contribution is -2.26. The molecule has 0 aliphatic rings. The van der Waals surface area contributed by atoms with Crippen LogP contribution in [0.4, 0.5) is 0 Å². The van der Waals surface area contributed by atoms with Gasteiger partial charge in [-0.15, -0.1) is 0 Å². The Hall–Kier alpha value is -2.50. The molecule has 0 aliphatic heterocycles. The number of carbonyl (C=O) groups excluding carboxylic acids is 1. The molecule has 1 heterocycles. The second-order valence-electron chi connectivity index (χ2n) is 4.84. The van der Waals surface area contributed by atoms with Gasteiger partial charge >= 0.3 is 0 Å². The lowest BCUT2D eigenvalue weighted by molar-refractivity contribution is 0.0946. The molecule has 0 unspecified atom stereocenters. The molecule has 0 saturated heterocycles. The summed E-state index contributed by atoms with van der Waals surface area (Å²) >= 11 is 0. The highest BCUT2D eigenvalue weighted by molar-refractivity contribution is 5.99. The highest BCUT2D eigenvalue weighted by Crippen LogP contribution is 2.27. The van der Waals surface area contributed by atoms with Crippen LogP contribution in [0.1, 0.15) is 22.5 Å². The molecule has 1 N–H and O–H groups in total. The molecule has 0 spiro atoms. The number of ether oxygens (including phenoxy) is 2. The van der Waals surface area contributed by atoms with Gasteiger partial charge in [0.05, 0.1) is 14.2 Å². The van der Waals surface area contributed by atoms with E-state index in [9.17, 15) is 4.79 Å². The van der Waals surface area contributed by atoms with Crippen LogP contribution in [0.2, 0.25) is 0 Å². The fourth-order valence-corrected chi connectivity index (χ4v) is 2.23. The standard InChI is InChI=1S/C16H21N3O3/c1-12-8-10-18-19(12)11-5-9-17-16(20)15-13(21-2)6-4-7-14(15)22-3/h4,6-8,10H,5,9,11H2,1-3H3,(H,17,20). The maximum absolute atomic E-state index is 12.3. The predicted molar refractivity (Wildman–Crippen MR) is 83.5 cm³/mol. The van der Waals surface area contributed by atoms with Gasteiger partial charge in [0.2, 0.25) is 0 Å². The van der Waals surface area contributed by atoms with Crippen LogP contribution in [-0.2, 0) is 6.54 Å². The van der Waals surface area contributed by atoms with E-state index in [-0.39, 0.29) is 5.91 Å². The van der Waals surface area contributed by atoms with Crippen molar-refractivity contribution in [3.63, 3.8) is 0 Å². The van der Waals surface area contributed by atoms with Gasteiger partial charge in [0.1, 0.15) is 17.1 Å². The number of nitrogens with zero attached hydrogens (tertiary/aromatic N) is 2. The normalized spacial score (nSPS) is 10.3. The minimum absolute atomic E-state index is 0.202. The Labute approximate surface area is 130 Å². The molecule has 0 atom stereocenters. The number of hydrogen-bond donors (Lipinski definition) is 1. The second-order valence-corrected chi connectivity index (χ2v) is 4.84. The van der Waals surface area contributed by atoms with E-state index >= 15 is 0 Å². The molecule has 6 nitrogen and oxygen atoms in total. The van der Waals surface area contributed by atoms with Crippen molar-refractivity contribution in [1.82, 2.24) is 15.1 Å². The number of amides is 1. The molecule has 2 rings (SSSR count). The first-order chi connectivity index (χ1) is 10.7. The number of benzene rings is 1. The van der Waals surface area contributed by atoms with Gasteiger partial charge < -0.3 is 14.8 Å². The number of hydrogen-bond acceptors (Lipinski definition) is 4. The lowest BCUT2D eigenvalue weighted by Gasteiger charge is -2.13. The summed E-state index contributed by atoms with van der Waals surface area (Å²) < 4.78 is 12.4. The van der Waals surface area contributed by atoms with Crippen molar-refractivity contribution in [3.05, 3.63) is 41.7 Å². The highest BCUT2D eigenvalue weighted by atomic mass is 16.5. The molecule has 0 bridgehead atoms. The van der Waals surface area contributed by atoms with Crippen LogP contribution >= 0.6 is 0 Å². The topological polar surface area (TPSA) is 65.4 Å². The molecule has 1 aromatic carbocycles. The van der Waals surface area contributed by atoms with Crippen molar-refractivity contribution >= 4 is 5.91 Å². The lowest BCUT2D eigenvalue weighted by atomic mass is 10.1. The molecule has 1 aromatic heterocycles. The summed E-state index contributed by atoms with van der Waals surface area (Å²) in [6.07, 6.45) is 2.57. The summed E-state index contributed by atoms with van der Waals surface area (Å²) in [5.74, 6) is 0.797. The number of nitrogens with one attached hydrogen (secondary N) is 1. The van der Waals surface area contributed by atoms with E-state index in [1.807, 2.05) is 17.7 Å². The van der Waals surface area contributed by atoms with Gasteiger partial charge in [-0.2, -0.15) is 5.10 Å². The molecule has 0 saturated carbocycles. The summed E-state index contributed by atoms with van der Waals surface area (Å²) in [6, 6.07) is 7.22. The fourth-order valence-electron chi connectivity index (χ4n) is 2.23. The maximum atomic E-state index is 12.3. The Bertz CT molecular complexity index is 615. The zero-order valence-corrected chi connectivity index (χ0v) is 13.1. The monoisotopic (exact) mass is 303 g/mol. The molecule has 1 amide bonds. The van der Waals surface area contributed by atoms with Crippen LogP contribution in [0.15, 0.2) is 30.5 Å². The maximum Gasteiger partial charge on any atom is 0.258 e. The molecule has 6 heteroatoms. The summed E-state index contributed by atoms with van der Waals surface area (Å²) in [5, 5.41) is 7.10. The predicted octanol–water partition coefficient (Wildman–Crippen LogP) is 2.03. The highest BCUT2D eigenvalue weighted by Gasteiger charge is 2.17. The Morgan fingerprint density at radius 2 is 1.91 bits per heavy atom. The molecular formula is C16H21N3O3. The van der Waals surface area contributed by atoms with Gasteiger partial charge in [-0.05, 0) is 31.5 Å². The third kappa shape index (κ3) is 3.58. The number of carbonyl (C=O) groups is 1. The molecule has 0 aliphatic carbocycles. The Kier molecular flexibility index (Phi) is 5.41. The van der Waals surface area contributed by atoms with Gasteiger partial charge in [-0.1, -0.05) is 6.07 Å². The van der Waals surface area contributed by atoms with E-state index in [1.165, 1.54) is 14.2 Å². The summed E-state index contributed by atoms with van der Waals surface area (Å²) in [5.41, 5.74) is 1.53. The van der Waals surface area contributed by atoms with Crippen molar-refractivity contribution in [2.45, 2.75) is 19.9 Å². The van der Waals surface area contributed by atoms with Gasteiger partial charge in [0, 0.05) is 25.0 Å². The van der Waals surface area contributed by atoms with E-state index in [4.69, 9.17) is 9.47 Å². The fraction of sp³-hybridized carbons (Fsp3) is 0.375. The SMILES string of the molecule is COc1cccc(OC)c1C(=O)NCCCn1nccc1C. The van der Waals surface area contributed by atoms with Gasteiger partial charge in [-0.3, -0.25) is 9.48 Å². The minimum Gasteiger partial charge on any atom is -0.496 e. The minimum atomic E-state index is -0.202. The zero-order valence-electron chi connectivity index (χ0n) is 13.1. The summed E-state index contributed by atoms with van der Waals surface area (Å²) in [4.78, 5) is 12.3. The Morgan fingerprint density at radius 1 is 1.23 bits per heavy atom. The molecule has 22 heavy (non-hydrogen) atoms. The van der Waals surface area contributed by atoms with Crippen molar-refractivity contribution in [1.29, 1.82) is 0 Å². The van der Waals surface area contributed by atoms with Crippen LogP contribution in [0.25, 0.3) is 0 Å². The molecule has 0 fully saturated rings. The van der Waals surface area contributed by atoms with Crippen LogP contribution in [-0.4, -0.2) is 36.5 Å². The first-order valence-electron chi connectivity index (χ1n) is 7.15. The van der Waals surface area contributed by atoms with Crippen LogP contribution < -0.4 is 14.8 Å². The largest absolute Gasteiger partial charge is 0.496 e. The average Bonchev–Trinajstić information content (AvgIpc) is 2.95. The number of rotatable bonds is 7. The molecule has 0 radical (unpaired) electrons. The quantitative estimate of drug-likeness (QED) is 0.795. The number of aryl methyl sites for hydroxylation is 2. The number of aromatic nitrogens is 2. The van der Waals surface area contributed by atoms with E-state index in [1.54, 1.807) is 24.4 Å². The summed E-state index contributed by atoms with van der Waals surface area (Å²) in [7, 11) is 3.07. The van der Waals surface area contributed by atoms with Gasteiger partial charge in [-0.25, -0.2) is 0 Å². The Balaban J connectivity index is 1.94. The Morgan fingerprint density at radius 3 is 2.45 bits per heavy atom. The molecular weight excluding hydrogens is 282 g/mol. The van der Waals surface area contributed by atoms with Crippen molar-refractivity contribution < 1.29 is 14.3 Å². The van der Waals surface area contributed by atoms with E-state index in [0.717, 1.165) is 18.7 Å². The van der Waals surface area contributed by atoms with Crippen LogP contribution in [0.5, 0.6) is 11.5 Å². The van der Waals surface area contributed by atoms with Crippen LogP contribution in [0, 0.1) is 6.92 Å². The van der Waals surface area contributed by atoms with Crippen molar-refractivity contribution in [2.24, 2.45) is 0 Å². The average molecular weight is 303 g/mol. The molecule has 118 valence electrons. The number of methoxy groups -OCH3 is 2. The van der Waals surface area contributed by atoms with E-state index < -0.39 is 0 Å². The van der Waals surface area contributed by atoms with Crippen molar-refractivity contribution in [2.75, 3.05) is 20.8 Å². The summed E-state index contributed by atoms with van der Waals surface area (Å²) in [6.45, 7) is 3.33. The van der Waals surface area contributed by atoms with Gasteiger partial charge in [0.15, 0.2) is 0 Å². The van der Waals surface area contributed by atoms with Crippen LogP contribution in [0.3, 0.4) is 0 Å². The smallest absolute Gasteiger partial charge is 0.258 e. The zero-order chi connectivity index (χ0) is 15.9. The second kappa shape index (κ2) is 7.49. The third-order valence-corrected chi connectivity index (χ3v) is 3.42. The first kappa shape index (κ1) is 15.9. The van der Waals surface area contributed by atoms with E-state index in [0.29, 0.717) is 23.6 Å². The third-order valence-electron chi connectivity index (χ3n) is 3.42. The van der Waals surface area contributed by atoms with E-state index in [2.05, 4.69) is 10.4 Å².